The van der Waals surface area contributed by atoms with Crippen LogP contribution in [0.4, 0.5) is 0 Å². The summed E-state index contributed by atoms with van der Waals surface area (Å²) in [6.45, 7) is 11.5. The maximum Gasteiger partial charge on any atom is 0.317 e. The lowest BCUT2D eigenvalue weighted by molar-refractivity contribution is 0.382. The summed E-state index contributed by atoms with van der Waals surface area (Å²) >= 11 is 6.90. The molecule has 0 saturated carbocycles. The third-order valence-electron chi connectivity index (χ3n) is 5.39. The van der Waals surface area contributed by atoms with Crippen LogP contribution < -0.4 is 4.74 Å². The lowest BCUT2D eigenvalue weighted by Crippen LogP contribution is -2.16. The molecular formula is C23H28ClN3O4S. The van der Waals surface area contributed by atoms with Gasteiger partial charge in [0.05, 0.1) is 24.5 Å². The van der Waals surface area contributed by atoms with E-state index in [-0.39, 0.29) is 28.7 Å². The van der Waals surface area contributed by atoms with E-state index < -0.39 is 10.1 Å². The molecule has 7 nitrogen and oxygen atoms in total. The number of rotatable bonds is 6. The second-order valence-electron chi connectivity index (χ2n) is 8.65. The highest BCUT2D eigenvalue weighted by Gasteiger charge is 2.34. The van der Waals surface area contributed by atoms with E-state index in [4.69, 9.17) is 16.3 Å². The minimum Gasteiger partial charge on any atom is -0.467 e. The Hall–Kier alpha value is -2.29. The van der Waals surface area contributed by atoms with Crippen molar-refractivity contribution >= 4 is 32.6 Å². The summed E-state index contributed by atoms with van der Waals surface area (Å²) in [5.41, 5.74) is 3.28. The van der Waals surface area contributed by atoms with Gasteiger partial charge in [-0.2, -0.15) is 18.4 Å². The first-order valence-corrected chi connectivity index (χ1v) is 12.2. The molecule has 0 amide bonds. The maximum atomic E-state index is 12.7. The molecule has 3 rings (SSSR count). The summed E-state index contributed by atoms with van der Waals surface area (Å²) in [4.78, 5) is 13.0. The molecule has 1 aromatic carbocycles. The molecule has 1 N–H and O–H groups in total. The number of ether oxygens (including phenoxy) is 1. The van der Waals surface area contributed by atoms with Gasteiger partial charge in [0, 0.05) is 22.2 Å². The van der Waals surface area contributed by atoms with E-state index in [9.17, 15) is 13.0 Å². The smallest absolute Gasteiger partial charge is 0.317 e. The highest BCUT2D eigenvalue weighted by atomic mass is 35.5. The average molecular weight is 478 g/mol. The van der Waals surface area contributed by atoms with Gasteiger partial charge >= 0.3 is 6.01 Å². The van der Waals surface area contributed by atoms with Crippen LogP contribution in [0.25, 0.3) is 22.2 Å². The second kappa shape index (κ2) is 8.92. The zero-order valence-corrected chi connectivity index (χ0v) is 20.8. The number of hydrogen-bond acceptors (Lipinski definition) is 6. The molecule has 0 aliphatic carbocycles. The van der Waals surface area contributed by atoms with E-state index in [1.54, 1.807) is 18.5 Å². The molecule has 0 aliphatic rings. The summed E-state index contributed by atoms with van der Waals surface area (Å²) in [6, 6.07) is 1.90. The molecule has 2 aromatic heterocycles. The summed E-state index contributed by atoms with van der Waals surface area (Å²) in [5, 5.41) is 1.00. The van der Waals surface area contributed by atoms with E-state index in [2.05, 4.69) is 15.0 Å². The molecule has 0 atom stereocenters. The molecule has 3 aromatic rings. The second-order valence-corrected chi connectivity index (χ2v) is 10.4. The Morgan fingerprint density at radius 1 is 0.969 bits per heavy atom. The lowest BCUT2D eigenvalue weighted by atomic mass is 9.82. The van der Waals surface area contributed by atoms with Crippen LogP contribution in [0.2, 0.25) is 5.02 Å². The average Bonchev–Trinajstić information content (AvgIpc) is 2.70. The topological polar surface area (TPSA) is 102 Å². The van der Waals surface area contributed by atoms with E-state index >= 15 is 0 Å². The van der Waals surface area contributed by atoms with E-state index in [1.165, 1.54) is 7.11 Å². The molecule has 0 saturated heterocycles. The Morgan fingerprint density at radius 2 is 1.56 bits per heavy atom. The first-order chi connectivity index (χ1) is 14.9. The number of methoxy groups -OCH3 is 1. The highest BCUT2D eigenvalue weighted by molar-refractivity contribution is 7.86. The number of pyridine rings is 1. The third-order valence-corrected chi connectivity index (χ3v) is 6.75. The zero-order valence-electron chi connectivity index (χ0n) is 19.3. The Kier molecular flexibility index (Phi) is 6.79. The molecule has 2 heterocycles. The lowest BCUT2D eigenvalue weighted by Gasteiger charge is -2.28. The molecule has 0 bridgehead atoms. The Labute approximate surface area is 194 Å². The monoisotopic (exact) mass is 477 g/mol. The number of hydrogen-bond donors (Lipinski definition) is 1. The van der Waals surface area contributed by atoms with Gasteiger partial charge in [0.2, 0.25) is 0 Å². The van der Waals surface area contributed by atoms with Crippen LogP contribution in [-0.2, 0) is 10.1 Å². The molecule has 0 aliphatic heterocycles. The predicted molar refractivity (Wildman–Crippen MR) is 126 cm³/mol. The highest BCUT2D eigenvalue weighted by Crippen LogP contribution is 2.49. The van der Waals surface area contributed by atoms with Crippen molar-refractivity contribution in [1.29, 1.82) is 0 Å². The fraction of sp³-hybridized carbons (Fsp3) is 0.435. The van der Waals surface area contributed by atoms with E-state index in [1.807, 2.05) is 41.5 Å². The molecule has 172 valence electrons. The van der Waals surface area contributed by atoms with Gasteiger partial charge in [-0.25, -0.2) is 0 Å². The van der Waals surface area contributed by atoms with Gasteiger partial charge in [0.15, 0.2) is 0 Å². The molecule has 0 unspecified atom stereocenters. The van der Waals surface area contributed by atoms with Crippen molar-refractivity contribution in [1.82, 2.24) is 15.0 Å². The molecular weight excluding hydrogens is 450 g/mol. The van der Waals surface area contributed by atoms with Crippen LogP contribution in [-0.4, -0.2) is 35.0 Å². The van der Waals surface area contributed by atoms with Crippen LogP contribution >= 0.6 is 11.6 Å². The molecule has 0 spiro atoms. The number of aromatic nitrogens is 3. The van der Waals surface area contributed by atoms with Crippen molar-refractivity contribution in [3.05, 3.63) is 40.2 Å². The summed E-state index contributed by atoms with van der Waals surface area (Å²) in [6.07, 6.45) is 3.22. The number of benzene rings is 1. The predicted octanol–water partition coefficient (Wildman–Crippen LogP) is 5.97. The summed E-state index contributed by atoms with van der Waals surface area (Å²) in [7, 11) is -3.13. The van der Waals surface area contributed by atoms with Crippen molar-refractivity contribution in [3.63, 3.8) is 0 Å². The fourth-order valence-corrected chi connectivity index (χ4v) is 6.05. The minimum absolute atomic E-state index is 0.0548. The standard InChI is InChI=1S/C23H28ClN3O4S/c1-11(2)16-19(21-14-8-9-25-10-15(14)26-23(27-21)31-7)17(12(3)4)22(32(28,29)30)18(13(5)6)20(16)24/h8-13H,1-7H3,(H,28,29,30). The summed E-state index contributed by atoms with van der Waals surface area (Å²) in [5.74, 6) is -0.544. The molecule has 0 radical (unpaired) electrons. The SMILES string of the molecule is COc1nc(-c2c(C(C)C)c(Cl)c(C(C)C)c(S(=O)(=O)O)c2C(C)C)c2ccncc2n1. The van der Waals surface area contributed by atoms with Crippen LogP contribution in [0.1, 0.15) is 76.0 Å². The van der Waals surface area contributed by atoms with Crippen LogP contribution in [0.3, 0.4) is 0 Å². The van der Waals surface area contributed by atoms with Crippen molar-refractivity contribution in [2.45, 2.75) is 64.2 Å². The van der Waals surface area contributed by atoms with Gasteiger partial charge in [-0.1, -0.05) is 53.1 Å². The number of nitrogens with zero attached hydrogens (tertiary/aromatic N) is 3. The first-order valence-electron chi connectivity index (χ1n) is 10.4. The Bertz CT molecular complexity index is 1290. The first kappa shape index (κ1) is 24.4. The Morgan fingerprint density at radius 3 is 2.06 bits per heavy atom. The van der Waals surface area contributed by atoms with Gasteiger partial charge in [0.1, 0.15) is 4.90 Å². The van der Waals surface area contributed by atoms with Gasteiger partial charge in [-0.3, -0.25) is 9.54 Å². The quantitative estimate of drug-likeness (QED) is 0.436. The fourth-order valence-electron chi connectivity index (χ4n) is 4.14. The minimum atomic E-state index is -4.59. The van der Waals surface area contributed by atoms with Gasteiger partial charge in [0.25, 0.3) is 10.1 Å². The number of halogens is 1. The molecule has 32 heavy (non-hydrogen) atoms. The van der Waals surface area contributed by atoms with Crippen molar-refractivity contribution in [3.8, 4) is 17.3 Å². The van der Waals surface area contributed by atoms with Crippen molar-refractivity contribution in [2.75, 3.05) is 7.11 Å². The van der Waals surface area contributed by atoms with Gasteiger partial charge in [-0.05, 0) is 40.5 Å². The Balaban J connectivity index is 2.72. The third kappa shape index (κ3) is 4.19. The normalized spacial score (nSPS) is 12.4. The van der Waals surface area contributed by atoms with Crippen LogP contribution in [0.5, 0.6) is 6.01 Å². The van der Waals surface area contributed by atoms with Crippen molar-refractivity contribution in [2.24, 2.45) is 0 Å². The maximum absolute atomic E-state index is 12.7. The summed E-state index contributed by atoms with van der Waals surface area (Å²) < 4.78 is 41.1. The zero-order chi connectivity index (χ0) is 24.0. The van der Waals surface area contributed by atoms with Gasteiger partial charge < -0.3 is 4.74 Å². The molecule has 9 heteroatoms. The van der Waals surface area contributed by atoms with E-state index in [0.29, 0.717) is 38.3 Å². The van der Waals surface area contributed by atoms with Gasteiger partial charge in [-0.15, -0.1) is 0 Å². The molecule has 0 fully saturated rings. The van der Waals surface area contributed by atoms with E-state index in [0.717, 1.165) is 5.56 Å². The van der Waals surface area contributed by atoms with Crippen molar-refractivity contribution < 1.29 is 17.7 Å². The van der Waals surface area contributed by atoms with Crippen LogP contribution in [0.15, 0.2) is 23.4 Å². The number of fused-ring (bicyclic) bond motifs is 1. The van der Waals surface area contributed by atoms with Crippen LogP contribution in [0, 0.1) is 0 Å². The largest absolute Gasteiger partial charge is 0.467 e.